The van der Waals surface area contributed by atoms with Gasteiger partial charge in [-0.2, -0.15) is 0 Å². The average molecular weight is 520 g/mol. The van der Waals surface area contributed by atoms with Crippen molar-refractivity contribution >= 4 is 18.2 Å². The van der Waals surface area contributed by atoms with Crippen LogP contribution in [0, 0.1) is 5.92 Å². The fourth-order valence-corrected chi connectivity index (χ4v) is 4.33. The Balaban J connectivity index is 1.59. The lowest BCUT2D eigenvalue weighted by Gasteiger charge is -2.32. The number of amides is 3. The van der Waals surface area contributed by atoms with E-state index in [-0.39, 0.29) is 24.9 Å². The monoisotopic (exact) mass is 519 g/mol. The molecule has 3 rings (SSSR count). The number of nitrogens with zero attached hydrogens (tertiary/aromatic N) is 1. The Kier molecular flexibility index (Phi) is 11.6. The highest BCUT2D eigenvalue weighted by atomic mass is 16.7. The number of carbonyl (C=O) groups excluding carboxylic acids is 3. The first-order chi connectivity index (χ1) is 18.6. The van der Waals surface area contributed by atoms with E-state index < -0.39 is 17.9 Å². The summed E-state index contributed by atoms with van der Waals surface area (Å²) in [6.45, 7) is 4.19. The van der Waals surface area contributed by atoms with Gasteiger partial charge in [-0.1, -0.05) is 93.8 Å². The van der Waals surface area contributed by atoms with Crippen molar-refractivity contribution < 1.29 is 23.6 Å². The van der Waals surface area contributed by atoms with Crippen LogP contribution in [0.15, 0.2) is 77.2 Å². The molecule has 0 bridgehead atoms. The van der Waals surface area contributed by atoms with E-state index in [0.29, 0.717) is 25.0 Å². The maximum atomic E-state index is 13.3. The zero-order valence-electron chi connectivity index (χ0n) is 22.1. The van der Waals surface area contributed by atoms with E-state index in [1.165, 1.54) is 5.06 Å². The highest BCUT2D eigenvalue weighted by Gasteiger charge is 2.32. The first kappa shape index (κ1) is 28.7. The van der Waals surface area contributed by atoms with Crippen LogP contribution in [-0.2, 0) is 21.0 Å². The van der Waals surface area contributed by atoms with Gasteiger partial charge < -0.3 is 15.1 Å². The summed E-state index contributed by atoms with van der Waals surface area (Å²) in [7, 11) is 0. The smallest absolute Gasteiger partial charge is 0.288 e. The molecule has 0 saturated carbocycles. The molecular weight excluding hydrogens is 482 g/mol. The van der Waals surface area contributed by atoms with Crippen molar-refractivity contribution in [3.05, 3.63) is 84.1 Å². The molecule has 1 unspecified atom stereocenters. The number of hydroxylamine groups is 2. The maximum Gasteiger partial charge on any atom is 0.288 e. The van der Waals surface area contributed by atoms with Crippen LogP contribution < -0.4 is 10.6 Å². The molecule has 0 fully saturated rings. The molecule has 0 spiro atoms. The summed E-state index contributed by atoms with van der Waals surface area (Å²) in [6, 6.07) is 21.9. The van der Waals surface area contributed by atoms with Gasteiger partial charge in [-0.25, -0.2) is 5.06 Å². The molecule has 2 aromatic carbocycles. The van der Waals surface area contributed by atoms with E-state index in [1.807, 2.05) is 67.6 Å². The number of hydrogen-bond acceptors (Lipinski definition) is 5. The first-order valence-corrected chi connectivity index (χ1v) is 13.2. The van der Waals surface area contributed by atoms with Crippen LogP contribution in [0.3, 0.4) is 0 Å². The maximum absolute atomic E-state index is 13.3. The summed E-state index contributed by atoms with van der Waals surface area (Å²) in [6.07, 6.45) is 4.61. The van der Waals surface area contributed by atoms with E-state index >= 15 is 0 Å². The van der Waals surface area contributed by atoms with Gasteiger partial charge in [0.25, 0.3) is 5.91 Å². The highest BCUT2D eigenvalue weighted by molar-refractivity contribution is 5.92. The predicted molar refractivity (Wildman–Crippen MR) is 145 cm³/mol. The summed E-state index contributed by atoms with van der Waals surface area (Å²) in [4.78, 5) is 43.6. The second-order valence-corrected chi connectivity index (χ2v) is 9.06. The lowest BCUT2D eigenvalue weighted by atomic mass is 9.90. The van der Waals surface area contributed by atoms with Crippen molar-refractivity contribution in [2.24, 2.45) is 5.92 Å². The Morgan fingerprint density at radius 3 is 2.32 bits per heavy atom. The highest BCUT2D eigenvalue weighted by Crippen LogP contribution is 2.23. The SMILES string of the molecule is CCCCCC(C(=O)NCNC(=O)c1ccc(-c2ccccc2)o1)[C@@H](CC)N(C=O)OCc1ccccc1. The first-order valence-electron chi connectivity index (χ1n) is 13.2. The van der Waals surface area contributed by atoms with E-state index in [4.69, 9.17) is 9.25 Å². The van der Waals surface area contributed by atoms with Crippen molar-refractivity contribution in [3.63, 3.8) is 0 Å². The summed E-state index contributed by atoms with van der Waals surface area (Å²) < 4.78 is 5.68. The lowest BCUT2D eigenvalue weighted by molar-refractivity contribution is -0.200. The number of nitrogens with one attached hydrogen (secondary N) is 2. The molecular formula is C30H37N3O5. The van der Waals surface area contributed by atoms with Crippen LogP contribution in [0.1, 0.15) is 62.1 Å². The molecule has 8 nitrogen and oxygen atoms in total. The number of unbranched alkanes of at least 4 members (excludes halogenated alkanes) is 2. The fraction of sp³-hybridized carbons (Fsp3) is 0.367. The van der Waals surface area contributed by atoms with Gasteiger partial charge in [-0.05, 0) is 30.5 Å². The molecule has 0 aliphatic carbocycles. The second kappa shape index (κ2) is 15.4. The summed E-state index contributed by atoms with van der Waals surface area (Å²) >= 11 is 0. The van der Waals surface area contributed by atoms with E-state index in [9.17, 15) is 14.4 Å². The van der Waals surface area contributed by atoms with Crippen LogP contribution >= 0.6 is 0 Å². The Morgan fingerprint density at radius 2 is 1.66 bits per heavy atom. The number of carbonyl (C=O) groups is 3. The fourth-order valence-electron chi connectivity index (χ4n) is 4.33. The van der Waals surface area contributed by atoms with Crippen molar-refractivity contribution in [2.75, 3.05) is 6.67 Å². The van der Waals surface area contributed by atoms with Gasteiger partial charge in [0.1, 0.15) is 12.4 Å². The van der Waals surface area contributed by atoms with Crippen molar-refractivity contribution in [1.29, 1.82) is 0 Å². The van der Waals surface area contributed by atoms with E-state index in [2.05, 4.69) is 17.6 Å². The Morgan fingerprint density at radius 1 is 0.947 bits per heavy atom. The summed E-state index contributed by atoms with van der Waals surface area (Å²) in [5.41, 5.74) is 1.80. The molecule has 0 aliphatic rings. The van der Waals surface area contributed by atoms with Crippen LogP contribution in [0.5, 0.6) is 0 Å². The zero-order valence-corrected chi connectivity index (χ0v) is 22.1. The van der Waals surface area contributed by atoms with Gasteiger partial charge in [0, 0.05) is 5.56 Å². The number of furan rings is 1. The molecule has 8 heteroatoms. The minimum absolute atomic E-state index is 0.0638. The second-order valence-electron chi connectivity index (χ2n) is 9.06. The van der Waals surface area contributed by atoms with Crippen LogP contribution in [0.2, 0.25) is 0 Å². The molecule has 38 heavy (non-hydrogen) atoms. The summed E-state index contributed by atoms with van der Waals surface area (Å²) in [5, 5.41) is 6.75. The predicted octanol–water partition coefficient (Wildman–Crippen LogP) is 5.32. The van der Waals surface area contributed by atoms with Gasteiger partial charge in [0.05, 0.1) is 18.6 Å². The number of rotatable bonds is 16. The molecule has 0 aliphatic heterocycles. The lowest BCUT2D eigenvalue weighted by Crippen LogP contribution is -2.48. The molecule has 1 aromatic heterocycles. The number of benzene rings is 2. The molecule has 2 N–H and O–H groups in total. The molecule has 202 valence electrons. The van der Waals surface area contributed by atoms with Crippen molar-refractivity contribution in [1.82, 2.24) is 15.7 Å². The molecule has 2 atom stereocenters. The van der Waals surface area contributed by atoms with Gasteiger partial charge in [-0.15, -0.1) is 0 Å². The molecule has 1 heterocycles. The molecule has 0 saturated heterocycles. The minimum atomic E-state index is -0.488. The van der Waals surface area contributed by atoms with Gasteiger partial charge in [0.2, 0.25) is 12.3 Å². The zero-order chi connectivity index (χ0) is 27.2. The standard InChI is InChI=1S/C30H37N3O5/c1-3-5-8-17-25(26(4-2)33(22-34)37-20-23-13-9-6-10-14-23)29(35)31-21-32-30(36)28-19-18-27(38-28)24-15-11-7-12-16-24/h6-7,9-16,18-19,22,25-26H,3-5,8,17,20-21H2,1-2H3,(H,31,35)(H,32,36)/t25?,26-/m1/s1. The van der Waals surface area contributed by atoms with E-state index in [1.54, 1.807) is 12.1 Å². The Labute approximate surface area is 224 Å². The normalized spacial score (nSPS) is 12.4. The van der Waals surface area contributed by atoms with E-state index in [0.717, 1.165) is 30.4 Å². The minimum Gasteiger partial charge on any atom is -0.451 e. The molecule has 3 amide bonds. The Hall–Kier alpha value is -3.91. The molecule has 0 radical (unpaired) electrons. The largest absolute Gasteiger partial charge is 0.451 e. The quantitative estimate of drug-likeness (QED) is 0.116. The third-order valence-electron chi connectivity index (χ3n) is 6.39. The van der Waals surface area contributed by atoms with Gasteiger partial charge in [0.15, 0.2) is 5.76 Å². The molecule has 3 aromatic rings. The topological polar surface area (TPSA) is 101 Å². The third-order valence-corrected chi connectivity index (χ3v) is 6.39. The van der Waals surface area contributed by atoms with Crippen molar-refractivity contribution in [2.45, 2.75) is 58.6 Å². The van der Waals surface area contributed by atoms with Gasteiger partial charge >= 0.3 is 0 Å². The Bertz CT molecular complexity index is 1130. The van der Waals surface area contributed by atoms with Gasteiger partial charge in [-0.3, -0.25) is 19.2 Å². The average Bonchev–Trinajstić information content (AvgIpc) is 3.46. The van der Waals surface area contributed by atoms with Crippen molar-refractivity contribution in [3.8, 4) is 11.3 Å². The third kappa shape index (κ3) is 8.31. The van der Waals surface area contributed by atoms with Crippen LogP contribution in [0.4, 0.5) is 0 Å². The van der Waals surface area contributed by atoms with Crippen LogP contribution in [0.25, 0.3) is 11.3 Å². The summed E-state index contributed by atoms with van der Waals surface area (Å²) in [5.74, 6) is -0.412. The number of hydrogen-bond donors (Lipinski definition) is 2. The van der Waals surface area contributed by atoms with Crippen LogP contribution in [-0.4, -0.2) is 36.0 Å².